The lowest BCUT2D eigenvalue weighted by atomic mass is 9.98. The zero-order valence-corrected chi connectivity index (χ0v) is 23.9. The lowest BCUT2D eigenvalue weighted by Gasteiger charge is -2.10. The number of aromatic nitrogens is 2. The predicted molar refractivity (Wildman–Crippen MR) is 186 cm³/mol. The molecule has 2 heteroatoms. The summed E-state index contributed by atoms with van der Waals surface area (Å²) in [7, 11) is 0. The highest BCUT2D eigenvalue weighted by molar-refractivity contribution is 6.24. The van der Waals surface area contributed by atoms with Crippen molar-refractivity contribution in [3.63, 3.8) is 0 Å². The second-order valence-electron chi connectivity index (χ2n) is 11.8. The number of hydrogen-bond donors (Lipinski definition) is 0. The van der Waals surface area contributed by atoms with E-state index in [2.05, 4.69) is 167 Å². The molecule has 10 aromatic rings. The molecule has 0 N–H and O–H groups in total. The number of fused-ring (bicyclic) bond motifs is 9. The lowest BCUT2D eigenvalue weighted by Crippen LogP contribution is -1.93. The number of benzene rings is 7. The highest BCUT2D eigenvalue weighted by Crippen LogP contribution is 2.42. The average Bonchev–Trinajstić information content (AvgIpc) is 3.73. The van der Waals surface area contributed by atoms with Gasteiger partial charge in [-0.25, -0.2) is 0 Å². The van der Waals surface area contributed by atoms with Crippen LogP contribution in [0.1, 0.15) is 0 Å². The molecule has 0 atom stereocenters. The van der Waals surface area contributed by atoms with E-state index in [-0.39, 0.29) is 0 Å². The van der Waals surface area contributed by atoms with Gasteiger partial charge in [-0.15, -0.1) is 0 Å². The molecular formula is C42H26N2. The van der Waals surface area contributed by atoms with Crippen molar-refractivity contribution in [1.29, 1.82) is 0 Å². The van der Waals surface area contributed by atoms with Crippen molar-refractivity contribution in [3.05, 3.63) is 158 Å². The fourth-order valence-electron chi connectivity index (χ4n) is 7.48. The zero-order valence-electron chi connectivity index (χ0n) is 23.9. The summed E-state index contributed by atoms with van der Waals surface area (Å²) >= 11 is 0. The van der Waals surface area contributed by atoms with E-state index < -0.39 is 0 Å². The van der Waals surface area contributed by atoms with Crippen LogP contribution < -0.4 is 0 Å². The molecule has 0 spiro atoms. The first-order valence-electron chi connectivity index (χ1n) is 15.2. The van der Waals surface area contributed by atoms with Crippen molar-refractivity contribution in [2.24, 2.45) is 0 Å². The molecule has 10 rings (SSSR count). The molecule has 0 saturated carbocycles. The Hall–Kier alpha value is -5.86. The van der Waals surface area contributed by atoms with Crippen LogP contribution >= 0.6 is 0 Å². The van der Waals surface area contributed by atoms with Crippen molar-refractivity contribution < 1.29 is 0 Å². The second-order valence-corrected chi connectivity index (χ2v) is 11.8. The molecule has 0 aliphatic heterocycles. The monoisotopic (exact) mass is 558 g/mol. The third-order valence-corrected chi connectivity index (χ3v) is 9.44. The van der Waals surface area contributed by atoms with Crippen LogP contribution in [-0.4, -0.2) is 8.97 Å². The third-order valence-electron chi connectivity index (χ3n) is 9.44. The first kappa shape index (κ1) is 23.7. The van der Waals surface area contributed by atoms with Crippen LogP contribution in [0.5, 0.6) is 0 Å². The minimum atomic E-state index is 1.17. The Kier molecular flexibility index (Phi) is 4.75. The van der Waals surface area contributed by atoms with E-state index in [4.69, 9.17) is 0 Å². The Morgan fingerprint density at radius 1 is 0.295 bits per heavy atom. The molecule has 0 unspecified atom stereocenters. The van der Waals surface area contributed by atoms with E-state index in [1.807, 2.05) is 0 Å². The van der Waals surface area contributed by atoms with Crippen LogP contribution in [0.25, 0.3) is 87.8 Å². The van der Waals surface area contributed by atoms with E-state index in [1.165, 1.54) is 87.8 Å². The van der Waals surface area contributed by atoms with Gasteiger partial charge in [-0.2, -0.15) is 0 Å². The summed E-state index contributed by atoms with van der Waals surface area (Å²) in [4.78, 5) is 0. The van der Waals surface area contributed by atoms with Crippen molar-refractivity contribution in [2.75, 3.05) is 0 Å². The van der Waals surface area contributed by atoms with Crippen LogP contribution in [0.15, 0.2) is 158 Å². The molecule has 44 heavy (non-hydrogen) atoms. The van der Waals surface area contributed by atoms with Gasteiger partial charge in [0.2, 0.25) is 0 Å². The maximum absolute atomic E-state index is 2.44. The normalized spacial score (nSPS) is 12.1. The van der Waals surface area contributed by atoms with Gasteiger partial charge in [-0.3, -0.25) is 0 Å². The van der Waals surface area contributed by atoms with E-state index in [0.717, 1.165) is 0 Å². The lowest BCUT2D eigenvalue weighted by molar-refractivity contribution is 1.18. The molecule has 3 heterocycles. The van der Waals surface area contributed by atoms with Gasteiger partial charge in [0.05, 0.1) is 27.6 Å². The topological polar surface area (TPSA) is 9.34 Å². The minimum absolute atomic E-state index is 1.17. The van der Waals surface area contributed by atoms with Gasteiger partial charge in [-0.05, 0) is 76.9 Å². The first-order valence-corrected chi connectivity index (χ1v) is 15.2. The summed E-state index contributed by atoms with van der Waals surface area (Å²) in [5, 5.41) is 7.76. The Balaban J connectivity index is 1.20. The van der Waals surface area contributed by atoms with Gasteiger partial charge in [0.15, 0.2) is 0 Å². The molecule has 0 bridgehead atoms. The Bertz CT molecular complexity index is 2610. The molecule has 0 aliphatic carbocycles. The Morgan fingerprint density at radius 3 is 1.43 bits per heavy atom. The summed E-state index contributed by atoms with van der Waals surface area (Å²) in [6, 6.07) is 57.7. The van der Waals surface area contributed by atoms with Crippen molar-refractivity contribution in [1.82, 2.24) is 8.97 Å². The fraction of sp³-hybridized carbons (Fsp3) is 0. The van der Waals surface area contributed by atoms with E-state index in [1.54, 1.807) is 0 Å². The molecule has 7 aromatic carbocycles. The Morgan fingerprint density at radius 2 is 0.773 bits per heavy atom. The minimum Gasteiger partial charge on any atom is -0.309 e. The van der Waals surface area contributed by atoms with Crippen LogP contribution in [-0.2, 0) is 0 Å². The standard InChI is InChI=1S/C42H26N2/c1-2-10-27(11-3-1)28-18-21-31(22-19-28)43-38-15-7-4-12-32(38)35-24-29(20-23-41(35)43)30-25-36-33-13-5-8-16-39(33)44-40-17-9-6-14-34(40)37(26-30)42(36)44/h1-26H. The molecular weight excluding hydrogens is 532 g/mol. The van der Waals surface area contributed by atoms with Crippen LogP contribution in [0.4, 0.5) is 0 Å². The van der Waals surface area contributed by atoms with Crippen LogP contribution in [0, 0.1) is 0 Å². The third kappa shape index (κ3) is 3.20. The highest BCUT2D eigenvalue weighted by Gasteiger charge is 2.19. The summed E-state index contributed by atoms with van der Waals surface area (Å²) in [5.74, 6) is 0. The maximum Gasteiger partial charge on any atom is 0.0620 e. The van der Waals surface area contributed by atoms with Gasteiger partial charge in [-0.1, -0.05) is 103 Å². The predicted octanol–water partition coefficient (Wildman–Crippen LogP) is 11.3. The first-order chi connectivity index (χ1) is 21.8. The summed E-state index contributed by atoms with van der Waals surface area (Å²) in [5.41, 5.74) is 12.4. The van der Waals surface area contributed by atoms with Gasteiger partial charge < -0.3 is 8.97 Å². The molecule has 0 amide bonds. The molecule has 0 radical (unpaired) electrons. The second kappa shape index (κ2) is 8.82. The number of rotatable bonds is 3. The van der Waals surface area contributed by atoms with Crippen molar-refractivity contribution in [3.8, 4) is 27.9 Å². The van der Waals surface area contributed by atoms with Crippen LogP contribution in [0.3, 0.4) is 0 Å². The zero-order chi connectivity index (χ0) is 28.8. The van der Waals surface area contributed by atoms with Gasteiger partial charge in [0.1, 0.15) is 0 Å². The van der Waals surface area contributed by atoms with E-state index in [0.29, 0.717) is 0 Å². The average molecular weight is 559 g/mol. The Labute approximate surface area is 254 Å². The smallest absolute Gasteiger partial charge is 0.0620 e. The summed E-state index contributed by atoms with van der Waals surface area (Å²) in [6.07, 6.45) is 0. The van der Waals surface area contributed by atoms with Crippen molar-refractivity contribution >= 4 is 59.9 Å². The number of para-hydroxylation sites is 3. The molecule has 2 nitrogen and oxygen atoms in total. The van der Waals surface area contributed by atoms with Gasteiger partial charge in [0.25, 0.3) is 0 Å². The maximum atomic E-state index is 2.44. The molecule has 3 aromatic heterocycles. The van der Waals surface area contributed by atoms with E-state index in [9.17, 15) is 0 Å². The molecule has 0 fully saturated rings. The fourth-order valence-corrected chi connectivity index (χ4v) is 7.48. The summed E-state index contributed by atoms with van der Waals surface area (Å²) in [6.45, 7) is 0. The number of nitrogens with zero attached hydrogens (tertiary/aromatic N) is 2. The quantitative estimate of drug-likeness (QED) is 0.204. The van der Waals surface area contributed by atoms with Gasteiger partial charge >= 0.3 is 0 Å². The largest absolute Gasteiger partial charge is 0.309 e. The number of hydrogen-bond acceptors (Lipinski definition) is 0. The molecule has 204 valence electrons. The molecule has 0 aliphatic rings. The summed E-state index contributed by atoms with van der Waals surface area (Å²) < 4.78 is 4.84. The highest BCUT2D eigenvalue weighted by atomic mass is 15.0. The molecule has 0 saturated heterocycles. The van der Waals surface area contributed by atoms with Crippen LogP contribution in [0.2, 0.25) is 0 Å². The van der Waals surface area contributed by atoms with E-state index >= 15 is 0 Å². The van der Waals surface area contributed by atoms with Gasteiger partial charge in [0, 0.05) is 38.0 Å². The van der Waals surface area contributed by atoms with Crippen molar-refractivity contribution in [2.45, 2.75) is 0 Å². The SMILES string of the molecule is c1ccc(-c2ccc(-n3c4ccccc4c4cc(-c5cc6c7ccccc7n7c8ccccc8c(c5)c67)ccc43)cc2)cc1.